The zero-order valence-corrected chi connectivity index (χ0v) is 11.3. The average molecular weight is 324 g/mol. The van der Waals surface area contributed by atoms with E-state index in [2.05, 4.69) is 31.2 Å². The summed E-state index contributed by atoms with van der Waals surface area (Å²) >= 11 is 3.33. The molecule has 0 aliphatic heterocycles. The maximum Gasteiger partial charge on any atom is 0.354 e. The van der Waals surface area contributed by atoms with Crippen LogP contribution in [0.25, 0.3) is 0 Å². The maximum absolute atomic E-state index is 11.8. The first kappa shape index (κ1) is 13.3. The van der Waals surface area contributed by atoms with Gasteiger partial charge in [0.1, 0.15) is 0 Å². The van der Waals surface area contributed by atoms with Crippen LogP contribution < -0.4 is 5.32 Å². The number of benzene rings is 1. The number of nitrogens with one attached hydrogen (secondary N) is 2. The second-order valence-electron chi connectivity index (χ2n) is 3.74. The molecule has 0 unspecified atom stereocenters. The number of H-pyrrole nitrogens is 1. The van der Waals surface area contributed by atoms with E-state index in [9.17, 15) is 9.59 Å². The fraction of sp³-hybridized carbons (Fsp3) is 0.0833. The average Bonchev–Trinajstić information content (AvgIpc) is 2.85. The Morgan fingerprint density at radius 2 is 2.21 bits per heavy atom. The zero-order valence-electron chi connectivity index (χ0n) is 9.68. The molecule has 0 aliphatic rings. The molecule has 6 nitrogen and oxygen atoms in total. The Morgan fingerprint density at radius 3 is 2.89 bits per heavy atom. The number of nitrogens with zero attached hydrogens (tertiary/aromatic N) is 1. The van der Waals surface area contributed by atoms with E-state index in [1.807, 2.05) is 24.3 Å². The molecule has 0 saturated heterocycles. The molecular formula is C12H10BrN3O3. The number of hydrogen-bond donors (Lipinski definition) is 3. The lowest BCUT2D eigenvalue weighted by atomic mass is 10.2. The van der Waals surface area contributed by atoms with Gasteiger partial charge in [0, 0.05) is 11.0 Å². The lowest BCUT2D eigenvalue weighted by molar-refractivity contribution is 0.0685. The van der Waals surface area contributed by atoms with Crippen LogP contribution >= 0.6 is 15.9 Å². The number of imidazole rings is 1. The van der Waals surface area contributed by atoms with Crippen molar-refractivity contribution >= 4 is 27.8 Å². The van der Waals surface area contributed by atoms with Crippen molar-refractivity contribution in [3.63, 3.8) is 0 Å². The van der Waals surface area contributed by atoms with Crippen LogP contribution in [-0.2, 0) is 6.54 Å². The zero-order chi connectivity index (χ0) is 13.8. The van der Waals surface area contributed by atoms with Crippen molar-refractivity contribution in [2.75, 3.05) is 0 Å². The van der Waals surface area contributed by atoms with Crippen molar-refractivity contribution in [3.05, 3.63) is 52.0 Å². The maximum atomic E-state index is 11.8. The number of carbonyl (C=O) groups is 2. The van der Waals surface area contributed by atoms with Crippen molar-refractivity contribution in [2.24, 2.45) is 0 Å². The number of aromatic nitrogens is 2. The van der Waals surface area contributed by atoms with Crippen LogP contribution in [-0.4, -0.2) is 27.0 Å². The van der Waals surface area contributed by atoms with E-state index in [4.69, 9.17) is 5.11 Å². The monoisotopic (exact) mass is 323 g/mol. The molecule has 98 valence electrons. The molecular weight excluding hydrogens is 314 g/mol. The van der Waals surface area contributed by atoms with E-state index in [-0.39, 0.29) is 11.4 Å². The molecule has 1 aromatic heterocycles. The number of aromatic carboxylic acids is 1. The smallest absolute Gasteiger partial charge is 0.354 e. The van der Waals surface area contributed by atoms with Gasteiger partial charge in [0.2, 0.25) is 0 Å². The highest BCUT2D eigenvalue weighted by Crippen LogP contribution is 2.11. The number of carboxylic acid groups (broad SMARTS) is 1. The van der Waals surface area contributed by atoms with E-state index < -0.39 is 11.9 Å². The molecule has 2 aromatic rings. The van der Waals surface area contributed by atoms with Crippen molar-refractivity contribution in [2.45, 2.75) is 6.54 Å². The molecule has 0 radical (unpaired) electrons. The Bertz CT molecular complexity index is 624. The predicted molar refractivity (Wildman–Crippen MR) is 70.9 cm³/mol. The molecule has 0 saturated carbocycles. The minimum absolute atomic E-state index is 0.123. The summed E-state index contributed by atoms with van der Waals surface area (Å²) in [5.41, 5.74) is 0.560. The second-order valence-corrected chi connectivity index (χ2v) is 4.66. The highest BCUT2D eigenvalue weighted by Gasteiger charge is 2.19. The second kappa shape index (κ2) is 5.66. The van der Waals surface area contributed by atoms with Gasteiger partial charge in [-0.3, -0.25) is 4.79 Å². The Hall–Kier alpha value is -2.15. The van der Waals surface area contributed by atoms with Crippen LogP contribution in [0.4, 0.5) is 0 Å². The first-order chi connectivity index (χ1) is 9.08. The van der Waals surface area contributed by atoms with Crippen LogP contribution in [0, 0.1) is 0 Å². The molecule has 1 amide bonds. The first-order valence-electron chi connectivity index (χ1n) is 5.37. The van der Waals surface area contributed by atoms with Gasteiger partial charge in [-0.2, -0.15) is 0 Å². The molecule has 2 rings (SSSR count). The molecule has 0 fully saturated rings. The van der Waals surface area contributed by atoms with Gasteiger partial charge in [0.25, 0.3) is 5.91 Å². The summed E-state index contributed by atoms with van der Waals surface area (Å²) in [6.07, 6.45) is 1.18. The number of amides is 1. The van der Waals surface area contributed by atoms with Gasteiger partial charge < -0.3 is 15.4 Å². The molecule has 1 heterocycles. The molecule has 19 heavy (non-hydrogen) atoms. The quantitative estimate of drug-likeness (QED) is 0.799. The van der Waals surface area contributed by atoms with Crippen LogP contribution in [0.2, 0.25) is 0 Å². The van der Waals surface area contributed by atoms with Gasteiger partial charge in [0.15, 0.2) is 11.4 Å². The normalized spacial score (nSPS) is 10.2. The summed E-state index contributed by atoms with van der Waals surface area (Å²) in [5, 5.41) is 11.5. The van der Waals surface area contributed by atoms with E-state index >= 15 is 0 Å². The highest BCUT2D eigenvalue weighted by atomic mass is 79.9. The fourth-order valence-electron chi connectivity index (χ4n) is 1.54. The first-order valence-corrected chi connectivity index (χ1v) is 6.16. The number of aromatic amines is 1. The van der Waals surface area contributed by atoms with E-state index in [1.165, 1.54) is 6.33 Å². The summed E-state index contributed by atoms with van der Waals surface area (Å²) in [6, 6.07) is 7.45. The minimum Gasteiger partial charge on any atom is -0.477 e. The SMILES string of the molecule is O=C(NCc1cccc(Br)c1)c1nc[nH]c1C(=O)O. The van der Waals surface area contributed by atoms with Gasteiger partial charge in [-0.15, -0.1) is 0 Å². The van der Waals surface area contributed by atoms with Gasteiger partial charge in [-0.1, -0.05) is 28.1 Å². The molecule has 1 aromatic carbocycles. The molecule has 0 bridgehead atoms. The molecule has 0 atom stereocenters. The van der Waals surface area contributed by atoms with Gasteiger partial charge in [0.05, 0.1) is 6.33 Å². The van der Waals surface area contributed by atoms with Crippen LogP contribution in [0.5, 0.6) is 0 Å². The van der Waals surface area contributed by atoms with E-state index in [0.717, 1.165) is 10.0 Å². The number of carbonyl (C=O) groups excluding carboxylic acids is 1. The van der Waals surface area contributed by atoms with E-state index in [0.29, 0.717) is 6.54 Å². The number of halogens is 1. The molecule has 0 aliphatic carbocycles. The number of rotatable bonds is 4. The summed E-state index contributed by atoms with van der Waals surface area (Å²) in [6.45, 7) is 0.296. The Labute approximate surface area is 117 Å². The van der Waals surface area contributed by atoms with Crippen molar-refractivity contribution in [1.82, 2.24) is 15.3 Å². The topological polar surface area (TPSA) is 95.1 Å². The molecule has 7 heteroatoms. The molecule has 0 spiro atoms. The van der Waals surface area contributed by atoms with Gasteiger partial charge >= 0.3 is 5.97 Å². The third-order valence-electron chi connectivity index (χ3n) is 2.41. The summed E-state index contributed by atoms with van der Waals surface area (Å²) in [5.74, 6) is -1.75. The largest absolute Gasteiger partial charge is 0.477 e. The number of hydrogen-bond acceptors (Lipinski definition) is 3. The lowest BCUT2D eigenvalue weighted by Crippen LogP contribution is -2.25. The Kier molecular flexibility index (Phi) is 3.96. The van der Waals surface area contributed by atoms with Crippen molar-refractivity contribution in [3.8, 4) is 0 Å². The molecule has 3 N–H and O–H groups in total. The summed E-state index contributed by atoms with van der Waals surface area (Å²) in [4.78, 5) is 28.8. The highest BCUT2D eigenvalue weighted by molar-refractivity contribution is 9.10. The minimum atomic E-state index is -1.22. The number of carboxylic acids is 1. The van der Waals surface area contributed by atoms with Gasteiger partial charge in [-0.25, -0.2) is 9.78 Å². The van der Waals surface area contributed by atoms with Gasteiger partial charge in [-0.05, 0) is 17.7 Å². The van der Waals surface area contributed by atoms with Crippen LogP contribution in [0.1, 0.15) is 26.5 Å². The van der Waals surface area contributed by atoms with Crippen LogP contribution in [0.3, 0.4) is 0 Å². The summed E-state index contributed by atoms with van der Waals surface area (Å²) in [7, 11) is 0. The third-order valence-corrected chi connectivity index (χ3v) is 2.90. The predicted octanol–water partition coefficient (Wildman–Crippen LogP) is 1.80. The third kappa shape index (κ3) is 3.19. The Morgan fingerprint density at radius 1 is 1.42 bits per heavy atom. The Balaban J connectivity index is 2.05. The van der Waals surface area contributed by atoms with Crippen molar-refractivity contribution < 1.29 is 14.7 Å². The fourth-order valence-corrected chi connectivity index (χ4v) is 1.99. The van der Waals surface area contributed by atoms with Crippen molar-refractivity contribution in [1.29, 1.82) is 0 Å². The van der Waals surface area contributed by atoms with Crippen LogP contribution in [0.15, 0.2) is 35.1 Å². The standard InChI is InChI=1S/C12H10BrN3O3/c13-8-3-1-2-7(4-8)5-14-11(17)9-10(12(18)19)16-6-15-9/h1-4,6H,5H2,(H,14,17)(H,15,16)(H,18,19). The van der Waals surface area contributed by atoms with E-state index in [1.54, 1.807) is 0 Å². The lowest BCUT2D eigenvalue weighted by Gasteiger charge is -2.04. The summed E-state index contributed by atoms with van der Waals surface area (Å²) < 4.78 is 0.908.